The van der Waals surface area contributed by atoms with E-state index < -0.39 is 5.54 Å². The zero-order valence-electron chi connectivity index (χ0n) is 13.1. The average molecular weight is 289 g/mol. The molecule has 1 aliphatic rings. The van der Waals surface area contributed by atoms with Gasteiger partial charge in [0.05, 0.1) is 0 Å². The molecule has 1 fully saturated rings. The van der Waals surface area contributed by atoms with Crippen molar-refractivity contribution in [1.82, 2.24) is 10.2 Å². The minimum atomic E-state index is -0.970. The van der Waals surface area contributed by atoms with Crippen LogP contribution in [0.1, 0.15) is 38.7 Å². The van der Waals surface area contributed by atoms with Crippen molar-refractivity contribution in [3.05, 3.63) is 35.9 Å². The van der Waals surface area contributed by atoms with Crippen LogP contribution in [0.4, 0.5) is 0 Å². The van der Waals surface area contributed by atoms with E-state index in [0.717, 1.165) is 38.0 Å². The van der Waals surface area contributed by atoms with E-state index in [2.05, 4.69) is 17.1 Å². The molecule has 1 aliphatic heterocycles. The first-order valence-electron chi connectivity index (χ1n) is 7.91. The van der Waals surface area contributed by atoms with Gasteiger partial charge in [-0.15, -0.1) is 0 Å². The number of nitrogens with one attached hydrogen (secondary N) is 1. The molecule has 1 amide bonds. The molecule has 0 saturated carbocycles. The number of likely N-dealkylation sites (tertiary alicyclic amines) is 1. The molecule has 0 spiro atoms. The summed E-state index contributed by atoms with van der Waals surface area (Å²) >= 11 is 0. The van der Waals surface area contributed by atoms with Crippen molar-refractivity contribution in [2.75, 3.05) is 19.6 Å². The van der Waals surface area contributed by atoms with E-state index in [1.54, 1.807) is 6.92 Å². The fourth-order valence-corrected chi connectivity index (χ4v) is 2.87. The lowest BCUT2D eigenvalue weighted by Crippen LogP contribution is -2.54. The van der Waals surface area contributed by atoms with Crippen LogP contribution in [0, 0.1) is 0 Å². The van der Waals surface area contributed by atoms with Crippen LogP contribution in [0.5, 0.6) is 0 Å². The summed E-state index contributed by atoms with van der Waals surface area (Å²) < 4.78 is 0. The molecule has 0 aliphatic carbocycles. The molecule has 3 N–H and O–H groups in total. The maximum absolute atomic E-state index is 12.5. The highest BCUT2D eigenvalue weighted by Crippen LogP contribution is 2.19. The highest BCUT2D eigenvalue weighted by atomic mass is 16.2. The molecule has 4 nitrogen and oxygen atoms in total. The summed E-state index contributed by atoms with van der Waals surface area (Å²) in [6.07, 6.45) is 3.21. The first-order chi connectivity index (χ1) is 10.0. The Morgan fingerprint density at radius 2 is 1.95 bits per heavy atom. The van der Waals surface area contributed by atoms with Crippen LogP contribution in [0.25, 0.3) is 0 Å². The van der Waals surface area contributed by atoms with Crippen molar-refractivity contribution < 1.29 is 4.79 Å². The van der Waals surface area contributed by atoms with Crippen LogP contribution in [0.15, 0.2) is 30.3 Å². The first kappa shape index (κ1) is 16.0. The predicted octanol–water partition coefficient (Wildman–Crippen LogP) is 1.85. The number of nitrogens with two attached hydrogens (primary N) is 1. The number of piperidine rings is 1. The van der Waals surface area contributed by atoms with E-state index in [1.165, 1.54) is 6.42 Å². The van der Waals surface area contributed by atoms with Crippen LogP contribution in [-0.2, 0) is 10.3 Å². The Hall–Kier alpha value is -1.39. The van der Waals surface area contributed by atoms with E-state index in [4.69, 9.17) is 5.73 Å². The van der Waals surface area contributed by atoms with Crippen LogP contribution in [-0.4, -0.2) is 36.5 Å². The Bertz CT molecular complexity index is 450. The first-order valence-corrected chi connectivity index (χ1v) is 7.91. The smallest absolute Gasteiger partial charge is 0.244 e. The van der Waals surface area contributed by atoms with Gasteiger partial charge in [-0.1, -0.05) is 37.3 Å². The van der Waals surface area contributed by atoms with Gasteiger partial charge in [0.15, 0.2) is 0 Å². The molecule has 21 heavy (non-hydrogen) atoms. The second-order valence-electron chi connectivity index (χ2n) is 6.16. The summed E-state index contributed by atoms with van der Waals surface area (Å²) in [5.41, 5.74) is 6.13. The molecule has 1 atom stereocenters. The summed E-state index contributed by atoms with van der Waals surface area (Å²) in [6, 6.07) is 9.82. The summed E-state index contributed by atoms with van der Waals surface area (Å²) in [6.45, 7) is 7.26. The number of hydrogen-bond donors (Lipinski definition) is 2. The molecule has 2 rings (SSSR count). The zero-order valence-corrected chi connectivity index (χ0v) is 13.1. The predicted molar refractivity (Wildman–Crippen MR) is 85.9 cm³/mol. The minimum Gasteiger partial charge on any atom is -0.351 e. The third kappa shape index (κ3) is 4.05. The van der Waals surface area contributed by atoms with Gasteiger partial charge in [0.25, 0.3) is 0 Å². The molecule has 1 saturated heterocycles. The lowest BCUT2D eigenvalue weighted by molar-refractivity contribution is -0.127. The van der Waals surface area contributed by atoms with E-state index in [0.29, 0.717) is 0 Å². The minimum absolute atomic E-state index is 0.0809. The number of hydrogen-bond acceptors (Lipinski definition) is 3. The second kappa shape index (κ2) is 7.05. The largest absolute Gasteiger partial charge is 0.351 e. The average Bonchev–Trinajstić information content (AvgIpc) is 2.50. The lowest BCUT2D eigenvalue weighted by atomic mass is 9.91. The Morgan fingerprint density at radius 3 is 2.52 bits per heavy atom. The lowest BCUT2D eigenvalue weighted by Gasteiger charge is -2.34. The van der Waals surface area contributed by atoms with Crippen molar-refractivity contribution in [2.24, 2.45) is 5.73 Å². The van der Waals surface area contributed by atoms with Gasteiger partial charge in [-0.25, -0.2) is 0 Å². The van der Waals surface area contributed by atoms with E-state index in [9.17, 15) is 4.79 Å². The molecule has 116 valence electrons. The standard InChI is InChI=1S/C17H27N3O/c1-3-11-20-12-9-15(10-13-20)19-16(21)17(2,18)14-7-5-4-6-8-14/h4-8,15H,3,9-13,18H2,1-2H3,(H,19,21). The summed E-state index contributed by atoms with van der Waals surface area (Å²) in [4.78, 5) is 15.0. The van der Waals surface area contributed by atoms with Crippen LogP contribution >= 0.6 is 0 Å². The van der Waals surface area contributed by atoms with Gasteiger partial charge in [0, 0.05) is 19.1 Å². The molecule has 1 unspecified atom stereocenters. The van der Waals surface area contributed by atoms with Crippen molar-refractivity contribution in [1.29, 1.82) is 0 Å². The molecule has 0 bridgehead atoms. The van der Waals surface area contributed by atoms with Gasteiger partial charge in [-0.3, -0.25) is 4.79 Å². The van der Waals surface area contributed by atoms with Gasteiger partial charge in [-0.2, -0.15) is 0 Å². The highest BCUT2D eigenvalue weighted by molar-refractivity contribution is 5.87. The third-order valence-electron chi connectivity index (χ3n) is 4.31. The van der Waals surface area contributed by atoms with Gasteiger partial charge in [0.1, 0.15) is 5.54 Å². The fourth-order valence-electron chi connectivity index (χ4n) is 2.87. The van der Waals surface area contributed by atoms with Crippen LogP contribution in [0.2, 0.25) is 0 Å². The number of nitrogens with zero attached hydrogens (tertiary/aromatic N) is 1. The molecular formula is C17H27N3O. The monoisotopic (exact) mass is 289 g/mol. The SMILES string of the molecule is CCCN1CCC(NC(=O)C(C)(N)c2ccccc2)CC1. The van der Waals surface area contributed by atoms with E-state index in [-0.39, 0.29) is 11.9 Å². The summed E-state index contributed by atoms with van der Waals surface area (Å²) in [7, 11) is 0. The maximum atomic E-state index is 12.5. The van der Waals surface area contributed by atoms with Crippen LogP contribution < -0.4 is 11.1 Å². The van der Waals surface area contributed by atoms with Gasteiger partial charge in [0.2, 0.25) is 5.91 Å². The van der Waals surface area contributed by atoms with Crippen molar-refractivity contribution in [3.8, 4) is 0 Å². The molecule has 1 aromatic rings. The topological polar surface area (TPSA) is 58.4 Å². The van der Waals surface area contributed by atoms with E-state index >= 15 is 0 Å². The fraction of sp³-hybridized carbons (Fsp3) is 0.588. The molecule has 1 heterocycles. The van der Waals surface area contributed by atoms with Crippen molar-refractivity contribution in [3.63, 3.8) is 0 Å². The molecule has 0 radical (unpaired) electrons. The number of benzene rings is 1. The highest BCUT2D eigenvalue weighted by Gasteiger charge is 2.32. The molecule has 4 heteroatoms. The number of carbonyl (C=O) groups excluding carboxylic acids is 1. The third-order valence-corrected chi connectivity index (χ3v) is 4.31. The molecule has 1 aromatic carbocycles. The Balaban J connectivity index is 1.90. The zero-order chi connectivity index (χ0) is 15.3. The summed E-state index contributed by atoms with van der Waals surface area (Å²) in [5, 5.41) is 3.13. The van der Waals surface area contributed by atoms with Gasteiger partial charge >= 0.3 is 0 Å². The van der Waals surface area contributed by atoms with Gasteiger partial charge in [-0.05, 0) is 38.3 Å². The van der Waals surface area contributed by atoms with E-state index in [1.807, 2.05) is 30.3 Å². The van der Waals surface area contributed by atoms with Crippen molar-refractivity contribution >= 4 is 5.91 Å². The van der Waals surface area contributed by atoms with Crippen LogP contribution in [0.3, 0.4) is 0 Å². The summed E-state index contributed by atoms with van der Waals surface area (Å²) in [5.74, 6) is -0.0809. The Kier molecular flexibility index (Phi) is 5.37. The number of rotatable bonds is 5. The van der Waals surface area contributed by atoms with Gasteiger partial charge < -0.3 is 16.0 Å². The number of carbonyl (C=O) groups is 1. The molecule has 0 aromatic heterocycles. The van der Waals surface area contributed by atoms with Crippen molar-refractivity contribution in [2.45, 2.75) is 44.7 Å². The quantitative estimate of drug-likeness (QED) is 0.870. The molecular weight excluding hydrogens is 262 g/mol. The Labute approximate surface area is 127 Å². The normalized spacial score (nSPS) is 20.0. The second-order valence-corrected chi connectivity index (χ2v) is 6.16. The number of amides is 1. The maximum Gasteiger partial charge on any atom is 0.244 e. The Morgan fingerprint density at radius 1 is 1.33 bits per heavy atom.